The smallest absolute Gasteiger partial charge is 0.337 e. The van der Waals surface area contributed by atoms with Crippen molar-refractivity contribution in [2.45, 2.75) is 6.92 Å². The number of carboxylic acids is 1. The van der Waals surface area contributed by atoms with Crippen LogP contribution in [0.25, 0.3) is 0 Å². The van der Waals surface area contributed by atoms with Crippen LogP contribution < -0.4 is 9.04 Å². The second-order valence-corrected chi connectivity index (χ2v) is 6.54. The lowest BCUT2D eigenvalue weighted by Gasteiger charge is -2.19. The maximum Gasteiger partial charge on any atom is 0.337 e. The van der Waals surface area contributed by atoms with Crippen molar-refractivity contribution in [3.8, 4) is 5.75 Å². The standard InChI is InChI=1S/C12H15NO5S/c1-8-6-13(19(16,17)7-8)11-4-3-9(18-2)5-10(11)12(14)15/h3-5,8H,6-7H2,1-2H3,(H,14,15). The first kappa shape index (κ1) is 13.7. The van der Waals surface area contributed by atoms with Crippen LogP contribution in [0.4, 0.5) is 5.69 Å². The zero-order chi connectivity index (χ0) is 14.2. The molecule has 0 aromatic heterocycles. The molecule has 1 N–H and O–H groups in total. The molecule has 1 heterocycles. The molecule has 0 radical (unpaired) electrons. The summed E-state index contributed by atoms with van der Waals surface area (Å²) in [5.74, 6) is -0.777. The summed E-state index contributed by atoms with van der Waals surface area (Å²) in [6.07, 6.45) is 0. The van der Waals surface area contributed by atoms with E-state index in [0.29, 0.717) is 12.3 Å². The van der Waals surface area contributed by atoms with Gasteiger partial charge in [0.15, 0.2) is 0 Å². The fraction of sp³-hybridized carbons (Fsp3) is 0.417. The van der Waals surface area contributed by atoms with Gasteiger partial charge >= 0.3 is 5.97 Å². The second kappa shape index (κ2) is 4.73. The minimum absolute atomic E-state index is 0.0197. The number of methoxy groups -OCH3 is 1. The number of hydrogen-bond donors (Lipinski definition) is 1. The van der Waals surface area contributed by atoms with Gasteiger partial charge in [-0.25, -0.2) is 13.2 Å². The molecule has 0 saturated carbocycles. The maximum atomic E-state index is 12.0. The predicted molar refractivity (Wildman–Crippen MR) is 70.3 cm³/mol. The molecular weight excluding hydrogens is 270 g/mol. The Labute approximate surface area is 111 Å². The number of anilines is 1. The van der Waals surface area contributed by atoms with E-state index in [0.717, 1.165) is 0 Å². The third-order valence-corrected chi connectivity index (χ3v) is 5.02. The van der Waals surface area contributed by atoms with Crippen molar-refractivity contribution in [3.63, 3.8) is 0 Å². The van der Waals surface area contributed by atoms with Crippen LogP contribution in [0.3, 0.4) is 0 Å². The summed E-state index contributed by atoms with van der Waals surface area (Å²) in [5.41, 5.74) is 0.120. The van der Waals surface area contributed by atoms with Crippen LogP contribution in [0.5, 0.6) is 5.75 Å². The fourth-order valence-corrected chi connectivity index (χ4v) is 4.12. The summed E-state index contributed by atoms with van der Waals surface area (Å²) >= 11 is 0. The topological polar surface area (TPSA) is 83.9 Å². The normalized spacial score (nSPS) is 21.4. The average Bonchev–Trinajstić information content (AvgIpc) is 2.61. The lowest BCUT2D eigenvalue weighted by molar-refractivity contribution is 0.0697. The summed E-state index contributed by atoms with van der Waals surface area (Å²) < 4.78 is 30.1. The van der Waals surface area contributed by atoms with Crippen molar-refractivity contribution in [3.05, 3.63) is 23.8 Å². The van der Waals surface area contributed by atoms with Gasteiger partial charge in [-0.1, -0.05) is 6.92 Å². The number of sulfonamides is 1. The van der Waals surface area contributed by atoms with Crippen LogP contribution in [0.1, 0.15) is 17.3 Å². The summed E-state index contributed by atoms with van der Waals surface area (Å²) in [4.78, 5) is 11.3. The van der Waals surface area contributed by atoms with Crippen LogP contribution in [-0.2, 0) is 10.0 Å². The minimum Gasteiger partial charge on any atom is -0.497 e. The molecule has 1 unspecified atom stereocenters. The number of hydrogen-bond acceptors (Lipinski definition) is 4. The lowest BCUT2D eigenvalue weighted by Crippen LogP contribution is -2.27. The molecule has 1 saturated heterocycles. The van der Waals surface area contributed by atoms with E-state index >= 15 is 0 Å². The zero-order valence-corrected chi connectivity index (χ0v) is 11.5. The van der Waals surface area contributed by atoms with Crippen molar-refractivity contribution >= 4 is 21.7 Å². The molecule has 1 aromatic carbocycles. The highest BCUT2D eigenvalue weighted by atomic mass is 32.2. The van der Waals surface area contributed by atoms with Gasteiger partial charge in [-0.3, -0.25) is 4.31 Å². The van der Waals surface area contributed by atoms with Crippen molar-refractivity contribution in [1.29, 1.82) is 0 Å². The third kappa shape index (κ3) is 2.51. The molecule has 1 atom stereocenters. The molecule has 0 spiro atoms. The number of rotatable bonds is 3. The highest BCUT2D eigenvalue weighted by molar-refractivity contribution is 7.93. The molecule has 1 fully saturated rings. The van der Waals surface area contributed by atoms with Crippen LogP contribution in [0, 0.1) is 5.92 Å². The quantitative estimate of drug-likeness (QED) is 0.901. The van der Waals surface area contributed by atoms with E-state index in [1.54, 1.807) is 6.07 Å². The predicted octanol–water partition coefficient (Wildman–Crippen LogP) is 1.18. The van der Waals surface area contributed by atoms with Gasteiger partial charge in [0.1, 0.15) is 5.75 Å². The molecule has 0 amide bonds. The molecule has 1 aliphatic rings. The van der Waals surface area contributed by atoms with Gasteiger partial charge in [-0.15, -0.1) is 0 Å². The van der Waals surface area contributed by atoms with Crippen LogP contribution in [-0.4, -0.2) is 38.9 Å². The Kier molecular flexibility index (Phi) is 3.40. The van der Waals surface area contributed by atoms with Gasteiger partial charge in [0.2, 0.25) is 10.0 Å². The van der Waals surface area contributed by atoms with E-state index in [4.69, 9.17) is 4.74 Å². The summed E-state index contributed by atoms with van der Waals surface area (Å²) in [6, 6.07) is 4.36. The highest BCUT2D eigenvalue weighted by Crippen LogP contribution is 2.32. The van der Waals surface area contributed by atoms with Crippen LogP contribution in [0.2, 0.25) is 0 Å². The Hall–Kier alpha value is -1.76. The van der Waals surface area contributed by atoms with Gasteiger partial charge in [0.25, 0.3) is 0 Å². The number of carboxylic acid groups (broad SMARTS) is 1. The molecule has 19 heavy (non-hydrogen) atoms. The van der Waals surface area contributed by atoms with Crippen LogP contribution in [0.15, 0.2) is 18.2 Å². The second-order valence-electron chi connectivity index (χ2n) is 4.60. The van der Waals surface area contributed by atoms with Gasteiger partial charge in [0, 0.05) is 6.54 Å². The average molecular weight is 285 g/mol. The molecule has 0 aliphatic carbocycles. The number of aromatic carboxylic acids is 1. The van der Waals surface area contributed by atoms with Crippen molar-refractivity contribution in [1.82, 2.24) is 0 Å². The summed E-state index contributed by atoms with van der Waals surface area (Å²) in [6.45, 7) is 2.12. The first-order valence-corrected chi connectivity index (χ1v) is 7.38. The third-order valence-electron chi connectivity index (χ3n) is 3.01. The maximum absolute atomic E-state index is 12.0. The van der Waals surface area contributed by atoms with Crippen molar-refractivity contribution in [2.24, 2.45) is 5.92 Å². The Morgan fingerprint density at radius 3 is 2.63 bits per heavy atom. The number of carbonyl (C=O) groups is 1. The number of benzene rings is 1. The monoisotopic (exact) mass is 285 g/mol. The number of nitrogens with zero attached hydrogens (tertiary/aromatic N) is 1. The number of ether oxygens (including phenoxy) is 1. The Bertz CT molecular complexity index is 611. The molecule has 6 nitrogen and oxygen atoms in total. The molecule has 0 bridgehead atoms. The Morgan fingerprint density at radius 2 is 2.16 bits per heavy atom. The van der Waals surface area contributed by atoms with E-state index in [-0.39, 0.29) is 22.9 Å². The minimum atomic E-state index is -3.44. The molecular formula is C12H15NO5S. The van der Waals surface area contributed by atoms with Gasteiger partial charge in [-0.05, 0) is 24.1 Å². The van der Waals surface area contributed by atoms with E-state index in [1.807, 2.05) is 6.92 Å². The SMILES string of the molecule is COc1ccc(N2CC(C)CS2(=O)=O)c(C(=O)O)c1. The van der Waals surface area contributed by atoms with Crippen molar-refractivity contribution in [2.75, 3.05) is 23.7 Å². The zero-order valence-electron chi connectivity index (χ0n) is 10.7. The molecule has 104 valence electrons. The van der Waals surface area contributed by atoms with E-state index < -0.39 is 16.0 Å². The van der Waals surface area contributed by atoms with Crippen molar-refractivity contribution < 1.29 is 23.1 Å². The van der Waals surface area contributed by atoms with E-state index in [1.165, 1.54) is 23.5 Å². The van der Waals surface area contributed by atoms with Gasteiger partial charge in [-0.2, -0.15) is 0 Å². The summed E-state index contributed by atoms with van der Waals surface area (Å²) in [7, 11) is -2.01. The molecule has 2 rings (SSSR count). The molecule has 1 aliphatic heterocycles. The first-order chi connectivity index (χ1) is 8.85. The largest absolute Gasteiger partial charge is 0.497 e. The Morgan fingerprint density at radius 1 is 1.47 bits per heavy atom. The van der Waals surface area contributed by atoms with Gasteiger partial charge in [0.05, 0.1) is 24.1 Å². The first-order valence-electron chi connectivity index (χ1n) is 5.77. The fourth-order valence-electron chi connectivity index (χ4n) is 2.18. The lowest BCUT2D eigenvalue weighted by atomic mass is 10.1. The van der Waals surface area contributed by atoms with E-state index in [9.17, 15) is 18.3 Å². The van der Waals surface area contributed by atoms with E-state index in [2.05, 4.69) is 0 Å². The molecule has 7 heteroatoms. The van der Waals surface area contributed by atoms with Gasteiger partial charge < -0.3 is 9.84 Å². The highest BCUT2D eigenvalue weighted by Gasteiger charge is 2.35. The summed E-state index contributed by atoms with van der Waals surface area (Å²) in [5, 5.41) is 9.21. The molecule has 1 aromatic rings. The Balaban J connectivity index is 2.54. The van der Waals surface area contributed by atoms with Crippen LogP contribution >= 0.6 is 0 Å².